The Labute approximate surface area is 195 Å². The SMILES string of the molecule is O=c1nc2sc3cc(-c4ccc5oc6ccccc6c5c4)ccc3n2c(=O)n1-c1ccccc1. The van der Waals surface area contributed by atoms with Gasteiger partial charge in [-0.3, -0.25) is 0 Å². The van der Waals surface area contributed by atoms with E-state index in [1.165, 1.54) is 15.7 Å². The molecule has 6 nitrogen and oxygen atoms in total. The van der Waals surface area contributed by atoms with Gasteiger partial charge >= 0.3 is 11.4 Å². The first-order valence-electron chi connectivity index (χ1n) is 10.7. The number of nitrogens with zero attached hydrogens (tertiary/aromatic N) is 3. The van der Waals surface area contributed by atoms with Crippen LogP contribution in [0.15, 0.2) is 105 Å². The second kappa shape index (κ2) is 7.00. The Bertz CT molecular complexity index is 2010. The fourth-order valence-corrected chi connectivity index (χ4v) is 5.52. The molecule has 0 N–H and O–H groups in total. The van der Waals surface area contributed by atoms with Gasteiger partial charge in [0.1, 0.15) is 11.2 Å². The van der Waals surface area contributed by atoms with E-state index in [1.807, 2.05) is 54.6 Å². The van der Waals surface area contributed by atoms with Gasteiger partial charge in [-0.05, 0) is 53.6 Å². The lowest BCUT2D eigenvalue weighted by molar-refractivity contribution is 0.669. The van der Waals surface area contributed by atoms with Crippen LogP contribution in [0, 0.1) is 0 Å². The third-order valence-electron chi connectivity index (χ3n) is 6.08. The molecule has 0 amide bonds. The fraction of sp³-hybridized carbons (Fsp3) is 0. The van der Waals surface area contributed by atoms with E-state index in [0.717, 1.165) is 47.8 Å². The van der Waals surface area contributed by atoms with E-state index >= 15 is 0 Å². The van der Waals surface area contributed by atoms with Crippen LogP contribution in [-0.2, 0) is 0 Å². The van der Waals surface area contributed by atoms with Gasteiger partial charge in [0.05, 0.1) is 15.9 Å². The summed E-state index contributed by atoms with van der Waals surface area (Å²) in [4.78, 5) is 30.5. The summed E-state index contributed by atoms with van der Waals surface area (Å²) >= 11 is 1.33. The average molecular weight is 462 g/mol. The maximum atomic E-state index is 13.3. The van der Waals surface area contributed by atoms with Crippen molar-refractivity contribution in [3.8, 4) is 16.8 Å². The van der Waals surface area contributed by atoms with Gasteiger partial charge in [-0.25, -0.2) is 18.6 Å². The van der Waals surface area contributed by atoms with E-state index in [-0.39, 0.29) is 0 Å². The van der Waals surface area contributed by atoms with Gasteiger partial charge in [0.25, 0.3) is 0 Å². The molecule has 0 radical (unpaired) electrons. The molecule has 0 fully saturated rings. The molecule has 7 rings (SSSR count). The Morgan fingerprint density at radius 3 is 2.35 bits per heavy atom. The minimum Gasteiger partial charge on any atom is -0.456 e. The molecule has 0 aliphatic rings. The van der Waals surface area contributed by atoms with Gasteiger partial charge in [0.2, 0.25) is 4.96 Å². The lowest BCUT2D eigenvalue weighted by Crippen LogP contribution is -2.37. The molecule has 4 aromatic carbocycles. The molecule has 0 spiro atoms. The quantitative estimate of drug-likeness (QED) is 0.335. The lowest BCUT2D eigenvalue weighted by atomic mass is 10.0. The Hall–Kier alpha value is -4.49. The standard InChI is InChI=1S/C27H15N3O3S/c31-25-28-26-30(27(32)29(25)18-6-2-1-3-7-18)21-12-10-17(15-24(21)34-26)16-11-13-23-20(14-16)19-8-4-5-9-22(19)33-23/h1-15H. The van der Waals surface area contributed by atoms with Crippen molar-refractivity contribution in [3.63, 3.8) is 0 Å². The molecule has 7 heteroatoms. The molecular formula is C27H15N3O3S. The first-order chi connectivity index (χ1) is 16.7. The summed E-state index contributed by atoms with van der Waals surface area (Å²) in [6.07, 6.45) is 0. The molecule has 0 unspecified atom stereocenters. The Kier molecular flexibility index (Phi) is 3.92. The summed E-state index contributed by atoms with van der Waals surface area (Å²) in [5, 5.41) is 2.13. The van der Waals surface area contributed by atoms with Crippen molar-refractivity contribution in [2.75, 3.05) is 0 Å². The van der Waals surface area contributed by atoms with Crippen LogP contribution in [0.4, 0.5) is 0 Å². The molecule has 0 saturated carbocycles. The highest BCUT2D eigenvalue weighted by atomic mass is 32.1. The maximum Gasteiger partial charge on any atom is 0.359 e. The number of rotatable bonds is 2. The number of furan rings is 1. The molecule has 3 heterocycles. The first kappa shape index (κ1) is 19.0. The highest BCUT2D eigenvalue weighted by Gasteiger charge is 2.15. The van der Waals surface area contributed by atoms with Gasteiger partial charge < -0.3 is 4.42 Å². The van der Waals surface area contributed by atoms with Crippen LogP contribution in [-0.4, -0.2) is 14.0 Å². The van der Waals surface area contributed by atoms with Crippen LogP contribution in [0.2, 0.25) is 0 Å². The zero-order valence-corrected chi connectivity index (χ0v) is 18.5. The van der Waals surface area contributed by atoms with Crippen molar-refractivity contribution < 1.29 is 4.42 Å². The summed E-state index contributed by atoms with van der Waals surface area (Å²) in [7, 11) is 0. The van der Waals surface area contributed by atoms with Crippen molar-refractivity contribution in [2.45, 2.75) is 0 Å². The van der Waals surface area contributed by atoms with Crippen LogP contribution in [0.5, 0.6) is 0 Å². The minimum absolute atomic E-state index is 0.380. The molecule has 7 aromatic rings. The molecule has 0 bridgehead atoms. The van der Waals surface area contributed by atoms with E-state index < -0.39 is 11.4 Å². The summed E-state index contributed by atoms with van der Waals surface area (Å²) in [6.45, 7) is 0. The largest absolute Gasteiger partial charge is 0.456 e. The zero-order valence-electron chi connectivity index (χ0n) is 17.6. The molecule has 0 saturated heterocycles. The smallest absolute Gasteiger partial charge is 0.359 e. The van der Waals surface area contributed by atoms with Crippen molar-refractivity contribution >= 4 is 48.5 Å². The predicted molar refractivity (Wildman–Crippen MR) is 135 cm³/mol. The highest BCUT2D eigenvalue weighted by Crippen LogP contribution is 2.34. The summed E-state index contributed by atoms with van der Waals surface area (Å²) in [6, 6.07) is 28.9. The number of fused-ring (bicyclic) bond motifs is 6. The number of thiazole rings is 1. The number of benzene rings is 4. The molecule has 0 atom stereocenters. The summed E-state index contributed by atoms with van der Waals surface area (Å²) in [5.74, 6) is 0. The number of aromatic nitrogens is 3. The van der Waals surface area contributed by atoms with Crippen LogP contribution >= 0.6 is 11.3 Å². The minimum atomic E-state index is -0.583. The second-order valence-corrected chi connectivity index (χ2v) is 9.07. The van der Waals surface area contributed by atoms with Crippen molar-refractivity contribution in [2.24, 2.45) is 0 Å². The van der Waals surface area contributed by atoms with E-state index in [4.69, 9.17) is 4.42 Å². The molecule has 0 aliphatic heterocycles. The Morgan fingerprint density at radius 1 is 0.735 bits per heavy atom. The molecule has 34 heavy (non-hydrogen) atoms. The van der Waals surface area contributed by atoms with Gasteiger partial charge in [-0.2, -0.15) is 4.98 Å². The second-order valence-electron chi connectivity index (χ2n) is 8.06. The molecule has 0 aliphatic carbocycles. The molecular weight excluding hydrogens is 446 g/mol. The van der Waals surface area contributed by atoms with Crippen LogP contribution in [0.25, 0.3) is 53.9 Å². The van der Waals surface area contributed by atoms with Gasteiger partial charge in [-0.15, -0.1) is 0 Å². The van der Waals surface area contributed by atoms with E-state index in [0.29, 0.717) is 10.6 Å². The lowest BCUT2D eigenvalue weighted by Gasteiger charge is -2.05. The first-order valence-corrected chi connectivity index (χ1v) is 11.5. The van der Waals surface area contributed by atoms with E-state index in [9.17, 15) is 9.59 Å². The van der Waals surface area contributed by atoms with Crippen molar-refractivity contribution in [1.29, 1.82) is 0 Å². The topological polar surface area (TPSA) is 69.5 Å². The van der Waals surface area contributed by atoms with E-state index in [2.05, 4.69) is 17.1 Å². The number of para-hydroxylation sites is 2. The van der Waals surface area contributed by atoms with Gasteiger partial charge in [0, 0.05) is 10.8 Å². The Balaban J connectivity index is 1.44. The number of hydrogen-bond donors (Lipinski definition) is 0. The maximum absolute atomic E-state index is 13.3. The average Bonchev–Trinajstić information content (AvgIpc) is 3.41. The van der Waals surface area contributed by atoms with Crippen molar-refractivity contribution in [3.05, 3.63) is 112 Å². The molecule has 3 aromatic heterocycles. The third-order valence-corrected chi connectivity index (χ3v) is 7.09. The normalized spacial score (nSPS) is 11.8. The number of hydrogen-bond acceptors (Lipinski definition) is 5. The third kappa shape index (κ3) is 2.71. The summed E-state index contributed by atoms with van der Waals surface area (Å²) in [5.41, 5.74) is 3.97. The van der Waals surface area contributed by atoms with Gasteiger partial charge in [-0.1, -0.05) is 59.9 Å². The zero-order chi connectivity index (χ0) is 22.8. The summed E-state index contributed by atoms with van der Waals surface area (Å²) < 4.78 is 9.44. The Morgan fingerprint density at radius 2 is 1.47 bits per heavy atom. The van der Waals surface area contributed by atoms with Crippen molar-refractivity contribution in [1.82, 2.24) is 14.0 Å². The van der Waals surface area contributed by atoms with Crippen LogP contribution < -0.4 is 11.4 Å². The van der Waals surface area contributed by atoms with Crippen LogP contribution in [0.3, 0.4) is 0 Å². The highest BCUT2D eigenvalue weighted by molar-refractivity contribution is 7.23. The fourth-order valence-electron chi connectivity index (χ4n) is 4.48. The molecule has 162 valence electrons. The predicted octanol–water partition coefficient (Wildman–Crippen LogP) is 5.63. The van der Waals surface area contributed by atoms with Gasteiger partial charge in [0.15, 0.2) is 0 Å². The van der Waals surface area contributed by atoms with E-state index in [1.54, 1.807) is 24.3 Å². The van der Waals surface area contributed by atoms with Crippen LogP contribution in [0.1, 0.15) is 0 Å². The monoisotopic (exact) mass is 461 g/mol.